The normalized spacial score (nSPS) is 10.0. The Balaban J connectivity index is 2.46. The Morgan fingerprint density at radius 1 is 1.33 bits per heavy atom. The molecule has 4 nitrogen and oxygen atoms in total. The van der Waals surface area contributed by atoms with Gasteiger partial charge in [0.15, 0.2) is 5.82 Å². The molecule has 0 aliphatic heterocycles. The number of nitrogens with zero attached hydrogens (tertiary/aromatic N) is 3. The Labute approximate surface area is 101 Å². The van der Waals surface area contributed by atoms with Gasteiger partial charge in [-0.15, -0.1) is 0 Å². The monoisotopic (exact) mass is 312 g/mol. The minimum Gasteiger partial charge on any atom is -0.372 e. The van der Waals surface area contributed by atoms with E-state index in [1.165, 1.54) is 0 Å². The summed E-state index contributed by atoms with van der Waals surface area (Å²) >= 11 is 2.19. The van der Waals surface area contributed by atoms with Crippen molar-refractivity contribution in [2.24, 2.45) is 0 Å². The molecule has 2 heterocycles. The second kappa shape index (κ2) is 4.52. The SMILES string of the molecule is CNc1nc(-c2cccnc2)ncc1I. The fourth-order valence-corrected chi connectivity index (χ4v) is 1.71. The lowest BCUT2D eigenvalue weighted by Gasteiger charge is -2.04. The van der Waals surface area contributed by atoms with Crippen LogP contribution in [-0.4, -0.2) is 22.0 Å². The van der Waals surface area contributed by atoms with E-state index in [0.717, 1.165) is 15.0 Å². The van der Waals surface area contributed by atoms with Gasteiger partial charge in [0.1, 0.15) is 5.82 Å². The smallest absolute Gasteiger partial charge is 0.163 e. The Morgan fingerprint density at radius 3 is 2.87 bits per heavy atom. The molecule has 0 amide bonds. The number of anilines is 1. The quantitative estimate of drug-likeness (QED) is 0.864. The van der Waals surface area contributed by atoms with Crippen molar-refractivity contribution >= 4 is 28.4 Å². The zero-order valence-corrected chi connectivity index (χ0v) is 10.3. The first kappa shape index (κ1) is 10.3. The van der Waals surface area contributed by atoms with Crippen molar-refractivity contribution in [3.63, 3.8) is 0 Å². The van der Waals surface area contributed by atoms with Gasteiger partial charge in [0.05, 0.1) is 3.57 Å². The molecule has 0 aliphatic rings. The third kappa shape index (κ3) is 2.23. The predicted molar refractivity (Wildman–Crippen MR) is 67.5 cm³/mol. The lowest BCUT2D eigenvalue weighted by molar-refractivity contribution is 1.14. The number of halogens is 1. The number of nitrogens with one attached hydrogen (secondary N) is 1. The summed E-state index contributed by atoms with van der Waals surface area (Å²) in [6, 6.07) is 3.81. The molecule has 0 fully saturated rings. The van der Waals surface area contributed by atoms with Crippen LogP contribution in [0, 0.1) is 3.57 Å². The number of aromatic nitrogens is 3. The lowest BCUT2D eigenvalue weighted by atomic mass is 10.3. The van der Waals surface area contributed by atoms with Crippen molar-refractivity contribution in [3.8, 4) is 11.4 Å². The van der Waals surface area contributed by atoms with Crippen LogP contribution in [0.1, 0.15) is 0 Å². The molecule has 1 N–H and O–H groups in total. The van der Waals surface area contributed by atoms with Crippen LogP contribution in [0.5, 0.6) is 0 Å². The molecule has 2 aromatic heterocycles. The van der Waals surface area contributed by atoms with Crippen LogP contribution in [0.2, 0.25) is 0 Å². The van der Waals surface area contributed by atoms with E-state index < -0.39 is 0 Å². The van der Waals surface area contributed by atoms with Crippen LogP contribution in [0.25, 0.3) is 11.4 Å². The molecule has 0 radical (unpaired) electrons. The summed E-state index contributed by atoms with van der Waals surface area (Å²) in [6.07, 6.45) is 5.28. The number of hydrogen-bond donors (Lipinski definition) is 1. The molecule has 5 heteroatoms. The molecule has 0 saturated heterocycles. The summed E-state index contributed by atoms with van der Waals surface area (Å²) in [5, 5.41) is 3.03. The van der Waals surface area contributed by atoms with Crippen LogP contribution >= 0.6 is 22.6 Å². The summed E-state index contributed by atoms with van der Waals surface area (Å²) in [7, 11) is 1.84. The van der Waals surface area contributed by atoms with Crippen molar-refractivity contribution in [1.82, 2.24) is 15.0 Å². The van der Waals surface area contributed by atoms with E-state index in [4.69, 9.17) is 0 Å². The van der Waals surface area contributed by atoms with E-state index >= 15 is 0 Å². The maximum absolute atomic E-state index is 4.39. The van der Waals surface area contributed by atoms with E-state index in [1.807, 2.05) is 19.2 Å². The Kier molecular flexibility index (Phi) is 3.10. The Morgan fingerprint density at radius 2 is 2.20 bits per heavy atom. The van der Waals surface area contributed by atoms with Crippen molar-refractivity contribution < 1.29 is 0 Å². The van der Waals surface area contributed by atoms with Crippen molar-refractivity contribution in [2.45, 2.75) is 0 Å². The highest BCUT2D eigenvalue weighted by Gasteiger charge is 2.04. The fourth-order valence-electron chi connectivity index (χ4n) is 1.18. The third-order valence-corrected chi connectivity index (χ3v) is 2.69. The second-order valence-corrected chi connectivity index (χ2v) is 4.04. The van der Waals surface area contributed by atoms with E-state index in [9.17, 15) is 0 Å². The van der Waals surface area contributed by atoms with Gasteiger partial charge in [-0.3, -0.25) is 4.98 Å². The van der Waals surface area contributed by atoms with Crippen molar-refractivity contribution in [3.05, 3.63) is 34.3 Å². The summed E-state index contributed by atoms with van der Waals surface area (Å²) < 4.78 is 1.00. The van der Waals surface area contributed by atoms with Crippen LogP contribution in [-0.2, 0) is 0 Å². The van der Waals surface area contributed by atoms with Gasteiger partial charge >= 0.3 is 0 Å². The number of pyridine rings is 1. The average molecular weight is 312 g/mol. The first-order valence-corrected chi connectivity index (χ1v) is 5.50. The molecular weight excluding hydrogens is 303 g/mol. The zero-order chi connectivity index (χ0) is 10.7. The highest BCUT2D eigenvalue weighted by molar-refractivity contribution is 14.1. The summed E-state index contributed by atoms with van der Waals surface area (Å²) in [5.41, 5.74) is 0.922. The largest absolute Gasteiger partial charge is 0.372 e. The molecule has 0 unspecified atom stereocenters. The molecule has 0 bridgehead atoms. The maximum Gasteiger partial charge on any atom is 0.163 e. The Bertz CT molecular complexity index is 458. The molecule has 0 spiro atoms. The van der Waals surface area contributed by atoms with Crippen LogP contribution < -0.4 is 5.32 Å². The van der Waals surface area contributed by atoms with Crippen LogP contribution in [0.15, 0.2) is 30.7 Å². The highest BCUT2D eigenvalue weighted by atomic mass is 127. The topological polar surface area (TPSA) is 50.7 Å². The second-order valence-electron chi connectivity index (χ2n) is 2.88. The molecule has 2 aromatic rings. The van der Waals surface area contributed by atoms with Gasteiger partial charge in [-0.05, 0) is 34.7 Å². The lowest BCUT2D eigenvalue weighted by Crippen LogP contribution is -1.99. The van der Waals surface area contributed by atoms with E-state index in [0.29, 0.717) is 5.82 Å². The molecule has 2 rings (SSSR count). The zero-order valence-electron chi connectivity index (χ0n) is 8.11. The first-order chi connectivity index (χ1) is 7.31. The highest BCUT2D eigenvalue weighted by Crippen LogP contribution is 2.18. The van der Waals surface area contributed by atoms with E-state index in [2.05, 4.69) is 42.9 Å². The summed E-state index contributed by atoms with van der Waals surface area (Å²) in [6.45, 7) is 0. The van der Waals surface area contributed by atoms with Gasteiger partial charge in [-0.1, -0.05) is 0 Å². The van der Waals surface area contributed by atoms with E-state index in [1.54, 1.807) is 18.6 Å². The van der Waals surface area contributed by atoms with Crippen molar-refractivity contribution in [2.75, 3.05) is 12.4 Å². The summed E-state index contributed by atoms with van der Waals surface area (Å²) in [4.78, 5) is 12.7. The van der Waals surface area contributed by atoms with Crippen LogP contribution in [0.4, 0.5) is 5.82 Å². The molecule has 0 aliphatic carbocycles. The summed E-state index contributed by atoms with van der Waals surface area (Å²) in [5.74, 6) is 1.53. The van der Waals surface area contributed by atoms with Gasteiger partial charge in [0, 0.05) is 31.2 Å². The third-order valence-electron chi connectivity index (χ3n) is 1.90. The minimum atomic E-state index is 0.688. The molecule has 0 atom stereocenters. The molecule has 0 saturated carbocycles. The number of hydrogen-bond acceptors (Lipinski definition) is 4. The molecule has 15 heavy (non-hydrogen) atoms. The number of rotatable bonds is 2. The minimum absolute atomic E-state index is 0.688. The van der Waals surface area contributed by atoms with Gasteiger partial charge in [-0.25, -0.2) is 9.97 Å². The first-order valence-electron chi connectivity index (χ1n) is 4.42. The standard InChI is InChI=1S/C10H9IN4/c1-12-10-8(11)6-14-9(15-10)7-3-2-4-13-5-7/h2-6H,1H3,(H,12,14,15). The molecule has 0 aromatic carbocycles. The van der Waals surface area contributed by atoms with Gasteiger partial charge in [-0.2, -0.15) is 0 Å². The van der Waals surface area contributed by atoms with Crippen LogP contribution in [0.3, 0.4) is 0 Å². The van der Waals surface area contributed by atoms with Gasteiger partial charge in [0.25, 0.3) is 0 Å². The molecular formula is C10H9IN4. The van der Waals surface area contributed by atoms with Crippen molar-refractivity contribution in [1.29, 1.82) is 0 Å². The Hall–Kier alpha value is -1.24. The predicted octanol–water partition coefficient (Wildman–Crippen LogP) is 2.18. The molecule has 76 valence electrons. The fraction of sp³-hybridized carbons (Fsp3) is 0.100. The van der Waals surface area contributed by atoms with Gasteiger partial charge in [0.2, 0.25) is 0 Å². The van der Waals surface area contributed by atoms with Gasteiger partial charge < -0.3 is 5.32 Å². The van der Waals surface area contributed by atoms with E-state index in [-0.39, 0.29) is 0 Å². The average Bonchev–Trinajstić information content (AvgIpc) is 2.31. The maximum atomic E-state index is 4.39.